The first kappa shape index (κ1) is 16.8. The zero-order valence-corrected chi connectivity index (χ0v) is 15.3. The van der Waals surface area contributed by atoms with E-state index < -0.39 is 0 Å². The molecule has 1 saturated heterocycles. The Kier molecular flexibility index (Phi) is 4.22. The summed E-state index contributed by atoms with van der Waals surface area (Å²) in [6.07, 6.45) is 2.98. The molecule has 1 fully saturated rings. The van der Waals surface area contributed by atoms with Crippen molar-refractivity contribution in [3.8, 4) is 0 Å². The normalized spacial score (nSPS) is 20.5. The molecule has 0 saturated carbocycles. The molecule has 3 heterocycles. The molecule has 1 N–H and O–H groups in total. The Labute approximate surface area is 152 Å². The Morgan fingerprint density at radius 2 is 1.77 bits per heavy atom. The largest absolute Gasteiger partial charge is 0.340 e. The van der Waals surface area contributed by atoms with E-state index in [0.717, 1.165) is 29.8 Å². The van der Waals surface area contributed by atoms with Crippen molar-refractivity contribution in [2.45, 2.75) is 20.3 Å². The molecule has 0 radical (unpaired) electrons. The first-order valence-corrected chi connectivity index (χ1v) is 8.97. The number of halogens is 1. The summed E-state index contributed by atoms with van der Waals surface area (Å²) in [4.78, 5) is 11.8. The number of anilines is 3. The molecule has 0 aliphatic carbocycles. The Bertz CT molecular complexity index is 910. The van der Waals surface area contributed by atoms with Crippen molar-refractivity contribution in [1.29, 1.82) is 0 Å². The molecule has 1 aliphatic heterocycles. The predicted molar refractivity (Wildman–Crippen MR) is 101 cm³/mol. The SMILES string of the molecule is C[C@H]1C[C@H](C)CN(c2nc(Nc3ccc(F)cc3)c3cnn(C)c3n2)C1. The van der Waals surface area contributed by atoms with Gasteiger partial charge in [0.25, 0.3) is 0 Å². The van der Waals surface area contributed by atoms with E-state index in [9.17, 15) is 4.39 Å². The van der Waals surface area contributed by atoms with E-state index in [4.69, 9.17) is 9.97 Å². The van der Waals surface area contributed by atoms with Crippen LogP contribution in [0.1, 0.15) is 20.3 Å². The van der Waals surface area contributed by atoms with Crippen molar-refractivity contribution in [1.82, 2.24) is 19.7 Å². The highest BCUT2D eigenvalue weighted by molar-refractivity contribution is 5.89. The number of piperidine rings is 1. The lowest BCUT2D eigenvalue weighted by molar-refractivity contribution is 0.354. The Hall–Kier alpha value is -2.70. The maximum absolute atomic E-state index is 13.2. The minimum atomic E-state index is -0.262. The molecule has 0 bridgehead atoms. The third-order valence-electron chi connectivity index (χ3n) is 4.84. The molecule has 4 rings (SSSR count). The van der Waals surface area contributed by atoms with Crippen LogP contribution in [0.15, 0.2) is 30.5 Å². The third kappa shape index (κ3) is 3.21. The highest BCUT2D eigenvalue weighted by Gasteiger charge is 2.25. The molecule has 3 aromatic rings. The van der Waals surface area contributed by atoms with Gasteiger partial charge in [-0.1, -0.05) is 13.8 Å². The molecular weight excluding hydrogens is 331 g/mol. The molecule has 7 heteroatoms. The van der Waals surface area contributed by atoms with Gasteiger partial charge in [0.05, 0.1) is 11.6 Å². The molecule has 136 valence electrons. The number of fused-ring (bicyclic) bond motifs is 1. The monoisotopic (exact) mass is 354 g/mol. The fourth-order valence-electron chi connectivity index (χ4n) is 3.74. The van der Waals surface area contributed by atoms with Crippen molar-refractivity contribution in [3.05, 3.63) is 36.3 Å². The summed E-state index contributed by atoms with van der Waals surface area (Å²) in [6, 6.07) is 6.26. The summed E-state index contributed by atoms with van der Waals surface area (Å²) in [5.41, 5.74) is 1.56. The Morgan fingerprint density at radius 3 is 2.46 bits per heavy atom. The van der Waals surface area contributed by atoms with Gasteiger partial charge >= 0.3 is 0 Å². The average Bonchev–Trinajstić information content (AvgIpc) is 2.97. The molecule has 2 aromatic heterocycles. The minimum Gasteiger partial charge on any atom is -0.340 e. The standard InChI is InChI=1S/C19H23FN6/c1-12-8-13(2)11-26(10-12)19-23-17(16-9-21-25(3)18(16)24-19)22-15-6-4-14(20)5-7-15/h4-7,9,12-13H,8,10-11H2,1-3H3,(H,22,23,24)/t12-,13-/m0/s1. The number of benzene rings is 1. The number of hydrogen-bond donors (Lipinski definition) is 1. The minimum absolute atomic E-state index is 0.262. The van der Waals surface area contributed by atoms with Crippen LogP contribution in [0, 0.1) is 17.7 Å². The van der Waals surface area contributed by atoms with E-state index in [1.54, 1.807) is 23.0 Å². The van der Waals surface area contributed by atoms with Crippen LogP contribution in [0.5, 0.6) is 0 Å². The van der Waals surface area contributed by atoms with Gasteiger partial charge in [-0.05, 0) is 42.5 Å². The highest BCUT2D eigenvalue weighted by Crippen LogP contribution is 2.29. The number of hydrogen-bond acceptors (Lipinski definition) is 5. The van der Waals surface area contributed by atoms with E-state index >= 15 is 0 Å². The van der Waals surface area contributed by atoms with E-state index in [0.29, 0.717) is 23.6 Å². The van der Waals surface area contributed by atoms with Gasteiger partial charge in [0.2, 0.25) is 5.95 Å². The fraction of sp³-hybridized carbons (Fsp3) is 0.421. The Balaban J connectivity index is 1.75. The van der Waals surface area contributed by atoms with Crippen LogP contribution in [0.3, 0.4) is 0 Å². The topological polar surface area (TPSA) is 58.9 Å². The molecule has 1 aliphatic rings. The molecule has 6 nitrogen and oxygen atoms in total. The van der Waals surface area contributed by atoms with Gasteiger partial charge < -0.3 is 10.2 Å². The summed E-state index contributed by atoms with van der Waals surface area (Å²) < 4.78 is 14.9. The molecule has 0 spiro atoms. The number of aromatic nitrogens is 4. The van der Waals surface area contributed by atoms with E-state index in [1.807, 2.05) is 7.05 Å². The molecule has 26 heavy (non-hydrogen) atoms. The summed E-state index contributed by atoms with van der Waals surface area (Å²) in [5, 5.41) is 8.46. The average molecular weight is 354 g/mol. The quantitative estimate of drug-likeness (QED) is 0.777. The van der Waals surface area contributed by atoms with Crippen LogP contribution in [0.25, 0.3) is 11.0 Å². The lowest BCUT2D eigenvalue weighted by atomic mass is 9.92. The van der Waals surface area contributed by atoms with Crippen LogP contribution in [-0.4, -0.2) is 32.8 Å². The molecular formula is C19H23FN6. The highest BCUT2D eigenvalue weighted by atomic mass is 19.1. The maximum atomic E-state index is 13.2. The maximum Gasteiger partial charge on any atom is 0.229 e. The fourth-order valence-corrected chi connectivity index (χ4v) is 3.74. The molecule has 2 atom stereocenters. The lowest BCUT2D eigenvalue weighted by Gasteiger charge is -2.35. The van der Waals surface area contributed by atoms with Crippen molar-refractivity contribution in [2.75, 3.05) is 23.3 Å². The van der Waals surface area contributed by atoms with Crippen LogP contribution < -0.4 is 10.2 Å². The van der Waals surface area contributed by atoms with E-state index in [-0.39, 0.29) is 5.82 Å². The first-order valence-electron chi connectivity index (χ1n) is 8.97. The van der Waals surface area contributed by atoms with Gasteiger partial charge in [-0.3, -0.25) is 4.68 Å². The lowest BCUT2D eigenvalue weighted by Crippen LogP contribution is -2.39. The van der Waals surface area contributed by atoms with Crippen LogP contribution >= 0.6 is 0 Å². The number of rotatable bonds is 3. The summed E-state index contributed by atoms with van der Waals surface area (Å²) in [7, 11) is 1.88. The zero-order chi connectivity index (χ0) is 18.3. The molecule has 0 amide bonds. The van der Waals surface area contributed by atoms with Gasteiger partial charge in [-0.2, -0.15) is 15.1 Å². The number of nitrogens with zero attached hydrogens (tertiary/aromatic N) is 5. The summed E-state index contributed by atoms with van der Waals surface area (Å²) in [5.74, 6) is 2.36. The van der Waals surface area contributed by atoms with Crippen LogP contribution in [0.2, 0.25) is 0 Å². The summed E-state index contributed by atoms with van der Waals surface area (Å²) >= 11 is 0. The molecule has 1 aromatic carbocycles. The van der Waals surface area contributed by atoms with Crippen molar-refractivity contribution < 1.29 is 4.39 Å². The van der Waals surface area contributed by atoms with E-state index in [1.165, 1.54) is 18.6 Å². The van der Waals surface area contributed by atoms with Crippen LogP contribution in [-0.2, 0) is 7.05 Å². The first-order chi connectivity index (χ1) is 12.5. The van der Waals surface area contributed by atoms with Crippen molar-refractivity contribution >= 4 is 28.5 Å². The predicted octanol–water partition coefficient (Wildman–Crippen LogP) is 3.73. The molecule has 0 unspecified atom stereocenters. The van der Waals surface area contributed by atoms with Gasteiger partial charge in [0, 0.05) is 25.8 Å². The zero-order valence-electron chi connectivity index (χ0n) is 15.3. The second-order valence-corrected chi connectivity index (χ2v) is 7.36. The van der Waals surface area contributed by atoms with Crippen molar-refractivity contribution in [3.63, 3.8) is 0 Å². The number of nitrogens with one attached hydrogen (secondary N) is 1. The smallest absolute Gasteiger partial charge is 0.229 e. The second-order valence-electron chi connectivity index (χ2n) is 7.36. The van der Waals surface area contributed by atoms with E-state index in [2.05, 4.69) is 29.2 Å². The summed E-state index contributed by atoms with van der Waals surface area (Å²) in [6.45, 7) is 6.43. The second kappa shape index (κ2) is 6.55. The van der Waals surface area contributed by atoms with Gasteiger partial charge in [0.1, 0.15) is 11.6 Å². The van der Waals surface area contributed by atoms with Crippen molar-refractivity contribution in [2.24, 2.45) is 18.9 Å². The van der Waals surface area contributed by atoms with Gasteiger partial charge in [-0.25, -0.2) is 4.39 Å². The van der Waals surface area contributed by atoms with Crippen LogP contribution in [0.4, 0.5) is 21.8 Å². The Morgan fingerprint density at radius 1 is 1.08 bits per heavy atom. The third-order valence-corrected chi connectivity index (χ3v) is 4.84. The number of aryl methyl sites for hydroxylation is 1. The van der Waals surface area contributed by atoms with Gasteiger partial charge in [0.15, 0.2) is 5.65 Å². The van der Waals surface area contributed by atoms with Gasteiger partial charge in [-0.15, -0.1) is 0 Å².